The Balaban J connectivity index is 2.26. The summed E-state index contributed by atoms with van der Waals surface area (Å²) in [5.41, 5.74) is 0.759. The molecule has 0 amide bonds. The Labute approximate surface area is 107 Å². The summed E-state index contributed by atoms with van der Waals surface area (Å²) in [5, 5.41) is 11.8. The Morgan fingerprint density at radius 1 is 1.28 bits per heavy atom. The highest BCUT2D eigenvalue weighted by Crippen LogP contribution is 2.23. The number of ether oxygens (including phenoxy) is 1. The van der Waals surface area contributed by atoms with E-state index in [-0.39, 0.29) is 0 Å². The molecule has 0 radical (unpaired) electrons. The maximum Gasteiger partial charge on any atom is 0.511 e. The van der Waals surface area contributed by atoms with E-state index in [0.29, 0.717) is 5.76 Å². The molecule has 1 N–H and O–H groups in total. The van der Waals surface area contributed by atoms with E-state index in [9.17, 15) is 4.79 Å². The molecule has 0 aromatic carbocycles. The molecule has 2 aliphatic heterocycles. The number of nitrogens with zero attached hydrogens (tertiary/aromatic N) is 1. The first-order valence-electron chi connectivity index (χ1n) is 5.30. The first kappa shape index (κ1) is 10.9. The lowest BCUT2D eigenvalue weighted by atomic mass is 10.2. The van der Waals surface area contributed by atoms with Crippen LogP contribution in [0, 0.1) is 0 Å². The molecule has 0 atom stereocenters. The Morgan fingerprint density at radius 3 is 2.83 bits per heavy atom. The lowest BCUT2D eigenvalue weighted by molar-refractivity contribution is 0.121. The van der Waals surface area contributed by atoms with Crippen LogP contribution in [0.4, 0.5) is 4.79 Å². The van der Waals surface area contributed by atoms with Crippen molar-refractivity contribution < 1.29 is 14.6 Å². The Kier molecular flexibility index (Phi) is 2.53. The number of rotatable bonds is 1. The average molecular weight is 259 g/mol. The van der Waals surface area contributed by atoms with E-state index in [1.807, 2.05) is 40.9 Å². The molecule has 5 heteroatoms. The summed E-state index contributed by atoms with van der Waals surface area (Å²) >= 11 is 1.56. The first-order chi connectivity index (χ1) is 8.75. The molecule has 3 heterocycles. The van der Waals surface area contributed by atoms with Crippen LogP contribution < -0.4 is 9.75 Å². The summed E-state index contributed by atoms with van der Waals surface area (Å²) in [7, 11) is 0. The monoisotopic (exact) mass is 259 g/mol. The molecule has 4 nitrogen and oxygen atoms in total. The number of carbonyl (C=O) groups is 1. The van der Waals surface area contributed by atoms with Crippen molar-refractivity contribution >= 4 is 29.3 Å². The lowest BCUT2D eigenvalue weighted by Gasteiger charge is -2.22. The van der Waals surface area contributed by atoms with E-state index in [2.05, 4.69) is 0 Å². The third-order valence-electron chi connectivity index (χ3n) is 2.62. The second kappa shape index (κ2) is 4.19. The van der Waals surface area contributed by atoms with Crippen LogP contribution in [0.2, 0.25) is 0 Å². The zero-order valence-electron chi connectivity index (χ0n) is 9.24. The van der Waals surface area contributed by atoms with Crippen molar-refractivity contribution in [3.8, 4) is 0 Å². The van der Waals surface area contributed by atoms with Crippen LogP contribution in [0.5, 0.6) is 0 Å². The summed E-state index contributed by atoms with van der Waals surface area (Å²) < 4.78 is 5.85. The molecule has 1 aromatic heterocycles. The van der Waals surface area contributed by atoms with Crippen molar-refractivity contribution in [1.29, 1.82) is 0 Å². The summed E-state index contributed by atoms with van der Waals surface area (Å²) in [6.45, 7) is 0. The molecule has 2 aliphatic rings. The maximum atomic E-state index is 10.7. The fourth-order valence-electron chi connectivity index (χ4n) is 1.92. The van der Waals surface area contributed by atoms with Gasteiger partial charge in [-0.15, -0.1) is 11.3 Å². The van der Waals surface area contributed by atoms with Gasteiger partial charge in [0.05, 0.1) is 4.53 Å². The summed E-state index contributed by atoms with van der Waals surface area (Å²) in [6.07, 6.45) is 9.75. The molecular weight excluding hydrogens is 250 g/mol. The van der Waals surface area contributed by atoms with Gasteiger partial charge in [-0.2, -0.15) is 0 Å². The van der Waals surface area contributed by atoms with E-state index in [1.165, 1.54) is 0 Å². The molecule has 1 aromatic rings. The van der Waals surface area contributed by atoms with Crippen molar-refractivity contribution in [2.45, 2.75) is 0 Å². The van der Waals surface area contributed by atoms with Gasteiger partial charge in [0.25, 0.3) is 0 Å². The Hall–Kier alpha value is -2.27. The molecule has 0 unspecified atom stereocenters. The second-order valence-corrected chi connectivity index (χ2v) is 4.63. The molecule has 0 saturated heterocycles. The highest BCUT2D eigenvalue weighted by molar-refractivity contribution is 7.07. The van der Waals surface area contributed by atoms with Crippen molar-refractivity contribution in [2.24, 2.45) is 0 Å². The molecule has 0 saturated carbocycles. The number of thiophene rings is 1. The molecular formula is C13H9NO3S. The molecule has 0 bridgehead atoms. The maximum absolute atomic E-state index is 10.7. The number of hydrogen-bond donors (Lipinski definition) is 1. The Morgan fingerprint density at radius 2 is 2.06 bits per heavy atom. The molecule has 0 fully saturated rings. The van der Waals surface area contributed by atoms with Gasteiger partial charge in [0.2, 0.25) is 0 Å². The van der Waals surface area contributed by atoms with Crippen LogP contribution in [-0.4, -0.2) is 16.2 Å². The quantitative estimate of drug-likeness (QED) is 0.778. The molecule has 0 spiro atoms. The van der Waals surface area contributed by atoms with Gasteiger partial charge in [0, 0.05) is 12.4 Å². The van der Waals surface area contributed by atoms with Gasteiger partial charge in [-0.3, -0.25) is 0 Å². The minimum absolute atomic E-state index is 0.341. The van der Waals surface area contributed by atoms with Gasteiger partial charge >= 0.3 is 6.16 Å². The third-order valence-corrected chi connectivity index (χ3v) is 3.55. The summed E-state index contributed by atoms with van der Waals surface area (Å²) in [6, 6.07) is 2.00. The zero-order chi connectivity index (χ0) is 12.5. The predicted octanol–water partition coefficient (Wildman–Crippen LogP) is 1.57. The topological polar surface area (TPSA) is 49.8 Å². The standard InChI is InChI=1S/C13H9NO3S/c15-13(16)17-10-4-2-7-14-6-1-3-9-5-8-18-12(9)11(10)14/h1-8H,(H,15,16). The van der Waals surface area contributed by atoms with Gasteiger partial charge in [-0.05, 0) is 34.9 Å². The fourth-order valence-corrected chi connectivity index (χ4v) is 2.86. The van der Waals surface area contributed by atoms with Crippen LogP contribution in [0.1, 0.15) is 0 Å². The normalized spacial score (nSPS) is 16.3. The number of carboxylic acid groups (broad SMARTS) is 1. The van der Waals surface area contributed by atoms with Crippen LogP contribution in [0.3, 0.4) is 0 Å². The largest absolute Gasteiger partial charge is 0.511 e. The summed E-state index contributed by atoms with van der Waals surface area (Å²) in [4.78, 5) is 12.6. The van der Waals surface area contributed by atoms with Gasteiger partial charge in [0.1, 0.15) is 5.70 Å². The van der Waals surface area contributed by atoms with Gasteiger partial charge in [0.15, 0.2) is 5.76 Å². The van der Waals surface area contributed by atoms with Gasteiger partial charge < -0.3 is 14.7 Å². The highest BCUT2D eigenvalue weighted by atomic mass is 32.1. The van der Waals surface area contributed by atoms with Crippen LogP contribution in [-0.2, 0) is 4.74 Å². The molecule has 3 rings (SSSR count). The first-order valence-corrected chi connectivity index (χ1v) is 6.18. The van der Waals surface area contributed by atoms with Crippen molar-refractivity contribution in [3.05, 3.63) is 57.6 Å². The minimum Gasteiger partial charge on any atom is -0.449 e. The van der Waals surface area contributed by atoms with E-state index < -0.39 is 6.16 Å². The van der Waals surface area contributed by atoms with Crippen molar-refractivity contribution in [3.63, 3.8) is 0 Å². The summed E-state index contributed by atoms with van der Waals surface area (Å²) in [5.74, 6) is 0.341. The Bertz CT molecular complexity index is 709. The van der Waals surface area contributed by atoms with Crippen molar-refractivity contribution in [2.75, 3.05) is 0 Å². The smallest absolute Gasteiger partial charge is 0.449 e. The van der Waals surface area contributed by atoms with E-state index in [1.54, 1.807) is 23.5 Å². The van der Waals surface area contributed by atoms with Crippen LogP contribution in [0.15, 0.2) is 47.8 Å². The second-order valence-electron chi connectivity index (χ2n) is 3.71. The highest BCUT2D eigenvalue weighted by Gasteiger charge is 2.20. The minimum atomic E-state index is -1.31. The van der Waals surface area contributed by atoms with E-state index >= 15 is 0 Å². The zero-order valence-corrected chi connectivity index (χ0v) is 10.1. The number of hydrogen-bond acceptors (Lipinski definition) is 4. The van der Waals surface area contributed by atoms with E-state index in [0.717, 1.165) is 15.4 Å². The van der Waals surface area contributed by atoms with Gasteiger partial charge in [-0.1, -0.05) is 6.08 Å². The fraction of sp³-hybridized carbons (Fsp3) is 0. The lowest BCUT2D eigenvalue weighted by Crippen LogP contribution is -2.28. The number of fused-ring (bicyclic) bond motifs is 2. The van der Waals surface area contributed by atoms with E-state index in [4.69, 9.17) is 9.84 Å². The van der Waals surface area contributed by atoms with Crippen molar-refractivity contribution in [1.82, 2.24) is 4.90 Å². The molecule has 18 heavy (non-hydrogen) atoms. The number of allylic oxidation sites excluding steroid dienone is 3. The predicted molar refractivity (Wildman–Crippen MR) is 68.8 cm³/mol. The molecule has 90 valence electrons. The third kappa shape index (κ3) is 1.74. The van der Waals surface area contributed by atoms with Crippen LogP contribution in [0.25, 0.3) is 11.8 Å². The SMILES string of the molecule is O=C(O)OC1=CC=CN2C=CC=c3ccsc3=C12. The molecule has 0 aliphatic carbocycles. The van der Waals surface area contributed by atoms with Crippen LogP contribution >= 0.6 is 11.3 Å². The van der Waals surface area contributed by atoms with Gasteiger partial charge in [-0.25, -0.2) is 4.79 Å². The average Bonchev–Trinajstić information content (AvgIpc) is 2.70.